The van der Waals surface area contributed by atoms with Gasteiger partial charge in [-0.2, -0.15) is 0 Å². The van der Waals surface area contributed by atoms with Crippen LogP contribution < -0.4 is 0 Å². The van der Waals surface area contributed by atoms with E-state index in [1.807, 2.05) is 0 Å². The second kappa shape index (κ2) is 2.70. The Morgan fingerprint density at radius 2 is 1.29 bits per heavy atom. The van der Waals surface area contributed by atoms with Gasteiger partial charge >= 0.3 is 0 Å². The number of fused-ring (bicyclic) bond motifs is 5. The van der Waals surface area contributed by atoms with Gasteiger partial charge in [0.1, 0.15) is 0 Å². The summed E-state index contributed by atoms with van der Waals surface area (Å²) in [4.78, 5) is 0. The lowest BCUT2D eigenvalue weighted by Gasteiger charge is -2.33. The smallest absolute Gasteiger partial charge is 0.0833 e. The van der Waals surface area contributed by atoms with Gasteiger partial charge in [-0.1, -0.05) is 0 Å². The van der Waals surface area contributed by atoms with E-state index in [0.29, 0.717) is 6.42 Å². The van der Waals surface area contributed by atoms with Crippen LogP contribution in [0.25, 0.3) is 0 Å². The van der Waals surface area contributed by atoms with E-state index in [9.17, 15) is 20.4 Å². The van der Waals surface area contributed by atoms with Crippen LogP contribution in [0.1, 0.15) is 12.8 Å². The lowest BCUT2D eigenvalue weighted by Crippen LogP contribution is -2.43. The van der Waals surface area contributed by atoms with Gasteiger partial charge in [0.05, 0.1) is 24.4 Å². The highest BCUT2D eigenvalue weighted by atomic mass is 16.3. The van der Waals surface area contributed by atoms with Crippen LogP contribution in [0.15, 0.2) is 0 Å². The van der Waals surface area contributed by atoms with E-state index in [0.717, 1.165) is 6.42 Å². The summed E-state index contributed by atoms with van der Waals surface area (Å²) in [5, 5.41) is 38.7. The Hall–Kier alpha value is -0.160. The molecule has 4 heteroatoms. The van der Waals surface area contributed by atoms with Crippen LogP contribution in [0.3, 0.4) is 0 Å². The van der Waals surface area contributed by atoms with E-state index >= 15 is 0 Å². The predicted octanol–water partition coefficient (Wildman–Crippen LogP) is -1.28. The molecule has 80 valence electrons. The molecule has 0 aliphatic heterocycles. The standard InChI is InChI=1S/C10H16O4/c11-6-2-3-4-1-5(7(3)10(6)14)9(13)8(4)12/h3-14H,1-2H2. The first-order valence-electron chi connectivity index (χ1n) is 5.33. The molecule has 2 bridgehead atoms. The summed E-state index contributed by atoms with van der Waals surface area (Å²) in [6.07, 6.45) is -1.30. The highest BCUT2D eigenvalue weighted by molar-refractivity contribution is 5.12. The molecule has 3 fully saturated rings. The third kappa shape index (κ3) is 0.877. The van der Waals surface area contributed by atoms with E-state index in [1.54, 1.807) is 0 Å². The van der Waals surface area contributed by atoms with E-state index in [-0.39, 0.29) is 23.7 Å². The van der Waals surface area contributed by atoms with Gasteiger partial charge in [-0.25, -0.2) is 0 Å². The molecule has 3 aliphatic carbocycles. The van der Waals surface area contributed by atoms with Crippen molar-refractivity contribution in [3.8, 4) is 0 Å². The lowest BCUT2D eigenvalue weighted by atomic mass is 9.78. The minimum atomic E-state index is -0.697. The Labute approximate surface area is 82.2 Å². The molecule has 3 saturated carbocycles. The van der Waals surface area contributed by atoms with Crippen molar-refractivity contribution in [3.63, 3.8) is 0 Å². The molecule has 8 atom stereocenters. The van der Waals surface area contributed by atoms with Crippen molar-refractivity contribution < 1.29 is 20.4 Å². The molecule has 8 unspecified atom stereocenters. The summed E-state index contributed by atoms with van der Waals surface area (Å²) < 4.78 is 0. The van der Waals surface area contributed by atoms with E-state index < -0.39 is 24.4 Å². The maximum atomic E-state index is 9.75. The largest absolute Gasteiger partial charge is 0.390 e. The Balaban J connectivity index is 1.91. The number of hydrogen-bond donors (Lipinski definition) is 4. The van der Waals surface area contributed by atoms with Crippen molar-refractivity contribution in [3.05, 3.63) is 0 Å². The average Bonchev–Trinajstić information content (AvgIpc) is 2.72. The lowest BCUT2D eigenvalue weighted by molar-refractivity contribution is -0.0719. The Morgan fingerprint density at radius 3 is 2.00 bits per heavy atom. The molecule has 0 amide bonds. The predicted molar refractivity (Wildman–Crippen MR) is 47.2 cm³/mol. The van der Waals surface area contributed by atoms with Crippen molar-refractivity contribution in [1.29, 1.82) is 0 Å². The third-order valence-electron chi connectivity index (χ3n) is 4.61. The highest BCUT2D eigenvalue weighted by Crippen LogP contribution is 2.58. The molecule has 4 N–H and O–H groups in total. The Kier molecular flexibility index (Phi) is 1.75. The van der Waals surface area contributed by atoms with Crippen molar-refractivity contribution in [2.75, 3.05) is 0 Å². The zero-order chi connectivity index (χ0) is 10.0. The average molecular weight is 200 g/mol. The van der Waals surface area contributed by atoms with Crippen molar-refractivity contribution >= 4 is 0 Å². The van der Waals surface area contributed by atoms with Crippen LogP contribution in [0, 0.1) is 23.7 Å². The monoisotopic (exact) mass is 200 g/mol. The minimum absolute atomic E-state index is 0.00727. The first-order chi connectivity index (χ1) is 6.61. The Bertz CT molecular complexity index is 253. The summed E-state index contributed by atoms with van der Waals surface area (Å²) in [5.74, 6) is 0.302. The van der Waals surface area contributed by atoms with Crippen LogP contribution in [-0.4, -0.2) is 44.8 Å². The van der Waals surface area contributed by atoms with Crippen LogP contribution in [0.4, 0.5) is 0 Å². The van der Waals surface area contributed by atoms with Crippen LogP contribution in [0.2, 0.25) is 0 Å². The topological polar surface area (TPSA) is 80.9 Å². The molecule has 0 aromatic carbocycles. The summed E-state index contributed by atoms with van der Waals surface area (Å²) in [6, 6.07) is 0. The fraction of sp³-hybridized carbons (Fsp3) is 1.00. The first kappa shape index (κ1) is 9.09. The maximum absolute atomic E-state index is 9.75. The quantitative estimate of drug-likeness (QED) is 0.392. The molecule has 3 rings (SSSR count). The van der Waals surface area contributed by atoms with E-state index in [4.69, 9.17) is 0 Å². The van der Waals surface area contributed by atoms with Crippen LogP contribution >= 0.6 is 0 Å². The molecule has 14 heavy (non-hydrogen) atoms. The van der Waals surface area contributed by atoms with Gasteiger partial charge in [0.15, 0.2) is 0 Å². The van der Waals surface area contributed by atoms with Gasteiger partial charge in [0.2, 0.25) is 0 Å². The van der Waals surface area contributed by atoms with Crippen molar-refractivity contribution in [2.45, 2.75) is 37.3 Å². The molecule has 0 heterocycles. The van der Waals surface area contributed by atoms with Gasteiger partial charge in [0.25, 0.3) is 0 Å². The Morgan fingerprint density at radius 1 is 0.643 bits per heavy atom. The highest BCUT2D eigenvalue weighted by Gasteiger charge is 2.63. The molecule has 0 spiro atoms. The molecule has 0 aromatic heterocycles. The summed E-state index contributed by atoms with van der Waals surface area (Å²) in [5.41, 5.74) is 0. The minimum Gasteiger partial charge on any atom is -0.390 e. The van der Waals surface area contributed by atoms with E-state index in [2.05, 4.69) is 0 Å². The summed E-state index contributed by atoms with van der Waals surface area (Å²) in [7, 11) is 0. The number of aliphatic hydroxyl groups is 4. The summed E-state index contributed by atoms with van der Waals surface area (Å²) >= 11 is 0. The van der Waals surface area contributed by atoms with Crippen LogP contribution in [0.5, 0.6) is 0 Å². The van der Waals surface area contributed by atoms with E-state index in [1.165, 1.54) is 0 Å². The molecule has 0 saturated heterocycles. The second-order valence-electron chi connectivity index (χ2n) is 5.08. The number of hydrogen-bond acceptors (Lipinski definition) is 4. The fourth-order valence-corrected chi connectivity index (χ4v) is 4.03. The SMILES string of the molecule is OC1CC2C3CC(C(O)C3O)C2C1O. The molecule has 4 nitrogen and oxygen atoms in total. The normalized spacial score (nSPS) is 66.0. The fourth-order valence-electron chi connectivity index (χ4n) is 4.03. The number of rotatable bonds is 0. The zero-order valence-corrected chi connectivity index (χ0v) is 7.82. The molecule has 3 aliphatic rings. The van der Waals surface area contributed by atoms with Gasteiger partial charge in [-0.05, 0) is 36.5 Å². The molecular weight excluding hydrogens is 184 g/mol. The first-order valence-corrected chi connectivity index (χ1v) is 5.33. The van der Waals surface area contributed by atoms with Crippen LogP contribution in [-0.2, 0) is 0 Å². The van der Waals surface area contributed by atoms with Gasteiger partial charge in [0, 0.05) is 0 Å². The molecular formula is C10H16O4. The number of aliphatic hydroxyl groups excluding tert-OH is 4. The van der Waals surface area contributed by atoms with Crippen molar-refractivity contribution in [2.24, 2.45) is 23.7 Å². The third-order valence-corrected chi connectivity index (χ3v) is 4.61. The van der Waals surface area contributed by atoms with Gasteiger partial charge < -0.3 is 20.4 Å². The zero-order valence-electron chi connectivity index (χ0n) is 7.82. The maximum Gasteiger partial charge on any atom is 0.0833 e. The second-order valence-corrected chi connectivity index (χ2v) is 5.08. The summed E-state index contributed by atoms with van der Waals surface area (Å²) in [6.45, 7) is 0. The van der Waals surface area contributed by atoms with Crippen molar-refractivity contribution in [1.82, 2.24) is 0 Å². The molecule has 0 aromatic rings. The van der Waals surface area contributed by atoms with Gasteiger partial charge in [-0.15, -0.1) is 0 Å². The molecule has 0 radical (unpaired) electrons. The van der Waals surface area contributed by atoms with Gasteiger partial charge in [-0.3, -0.25) is 0 Å².